The van der Waals surface area contributed by atoms with Crippen LogP contribution < -0.4 is 4.74 Å². The topological polar surface area (TPSA) is 22.1 Å². The predicted molar refractivity (Wildman–Crippen MR) is 54.9 cm³/mol. The number of aromatic nitrogens is 1. The molecule has 0 unspecified atom stereocenters. The van der Waals surface area contributed by atoms with Crippen molar-refractivity contribution in [2.75, 3.05) is 0 Å². The third-order valence-electron chi connectivity index (χ3n) is 1.98. The van der Waals surface area contributed by atoms with Crippen molar-refractivity contribution in [1.29, 1.82) is 0 Å². The Hall–Kier alpha value is -1.97. The summed E-state index contributed by atoms with van der Waals surface area (Å²) in [4.78, 5) is 3.70. The number of ether oxygens (including phenoxy) is 1. The quantitative estimate of drug-likeness (QED) is 0.795. The van der Waals surface area contributed by atoms with Gasteiger partial charge >= 0.3 is 0 Å². The van der Waals surface area contributed by atoms with Crippen molar-refractivity contribution in [2.45, 2.75) is 6.61 Å². The van der Waals surface area contributed by atoms with Crippen LogP contribution in [-0.2, 0) is 6.61 Å². The normalized spacial score (nSPS) is 10.1. The van der Waals surface area contributed by atoms with Gasteiger partial charge in [0.25, 0.3) is 0 Å². The zero-order valence-electron chi connectivity index (χ0n) is 8.36. The minimum absolute atomic E-state index is 0.205. The number of hydrogen-bond donors (Lipinski definition) is 0. The van der Waals surface area contributed by atoms with Crippen molar-refractivity contribution in [3.8, 4) is 5.75 Å². The van der Waals surface area contributed by atoms with Gasteiger partial charge in [0.05, 0.1) is 6.20 Å². The Kier molecular flexibility index (Phi) is 3.10. The fraction of sp³-hybridized carbons (Fsp3) is 0.0833. The number of rotatable bonds is 3. The van der Waals surface area contributed by atoms with E-state index in [1.165, 1.54) is 36.5 Å². The summed E-state index contributed by atoms with van der Waals surface area (Å²) in [6, 6.07) is 6.99. The molecule has 2 rings (SSSR count). The maximum absolute atomic E-state index is 12.8. The maximum atomic E-state index is 12.8. The molecular weight excluding hydrogens is 212 g/mol. The van der Waals surface area contributed by atoms with Crippen LogP contribution in [0.15, 0.2) is 42.7 Å². The molecule has 0 aliphatic rings. The fourth-order valence-corrected chi connectivity index (χ4v) is 1.23. The standard InChI is InChI=1S/C12H9F2NO/c13-10-1-3-12(4-2-10)16-8-9-5-11(14)7-15-6-9/h1-7H,8H2. The second kappa shape index (κ2) is 4.70. The Morgan fingerprint density at radius 3 is 2.44 bits per heavy atom. The average molecular weight is 221 g/mol. The first kappa shape index (κ1) is 10.5. The molecule has 0 bridgehead atoms. The van der Waals surface area contributed by atoms with E-state index in [0.717, 1.165) is 6.20 Å². The van der Waals surface area contributed by atoms with Gasteiger partial charge in [-0.25, -0.2) is 8.78 Å². The van der Waals surface area contributed by atoms with E-state index in [4.69, 9.17) is 4.74 Å². The summed E-state index contributed by atoms with van der Waals surface area (Å²) >= 11 is 0. The highest BCUT2D eigenvalue weighted by molar-refractivity contribution is 5.22. The van der Waals surface area contributed by atoms with Gasteiger partial charge in [-0.1, -0.05) is 0 Å². The third-order valence-corrected chi connectivity index (χ3v) is 1.98. The molecular formula is C12H9F2NO. The highest BCUT2D eigenvalue weighted by atomic mass is 19.1. The van der Waals surface area contributed by atoms with Crippen LogP contribution in [0.5, 0.6) is 5.75 Å². The largest absolute Gasteiger partial charge is 0.489 e. The van der Waals surface area contributed by atoms with Crippen molar-refractivity contribution < 1.29 is 13.5 Å². The van der Waals surface area contributed by atoms with Crippen molar-refractivity contribution in [2.24, 2.45) is 0 Å². The minimum atomic E-state index is -0.403. The van der Waals surface area contributed by atoms with Crippen LogP contribution in [-0.4, -0.2) is 4.98 Å². The van der Waals surface area contributed by atoms with Crippen LogP contribution in [0.2, 0.25) is 0 Å². The van der Waals surface area contributed by atoms with E-state index in [-0.39, 0.29) is 12.4 Å². The zero-order chi connectivity index (χ0) is 11.4. The summed E-state index contributed by atoms with van der Waals surface area (Å²) < 4.78 is 30.7. The molecule has 0 atom stereocenters. The molecule has 0 saturated heterocycles. The SMILES string of the molecule is Fc1ccc(OCc2cncc(F)c2)cc1. The minimum Gasteiger partial charge on any atom is -0.489 e. The molecule has 16 heavy (non-hydrogen) atoms. The zero-order valence-corrected chi connectivity index (χ0v) is 8.36. The molecule has 0 N–H and O–H groups in total. The van der Waals surface area contributed by atoms with Crippen molar-refractivity contribution in [3.05, 3.63) is 59.9 Å². The smallest absolute Gasteiger partial charge is 0.141 e. The van der Waals surface area contributed by atoms with E-state index in [1.807, 2.05) is 0 Å². The number of hydrogen-bond acceptors (Lipinski definition) is 2. The summed E-state index contributed by atoms with van der Waals surface area (Å²) in [6.07, 6.45) is 2.65. The molecule has 1 heterocycles. The maximum Gasteiger partial charge on any atom is 0.141 e. The lowest BCUT2D eigenvalue weighted by molar-refractivity contribution is 0.304. The first-order chi connectivity index (χ1) is 7.74. The first-order valence-electron chi connectivity index (χ1n) is 4.72. The van der Waals surface area contributed by atoms with Gasteiger partial charge in [0.15, 0.2) is 0 Å². The fourth-order valence-electron chi connectivity index (χ4n) is 1.23. The average Bonchev–Trinajstić information content (AvgIpc) is 2.28. The van der Waals surface area contributed by atoms with Crippen LogP contribution in [0.3, 0.4) is 0 Å². The van der Waals surface area contributed by atoms with Crippen LogP contribution in [0.1, 0.15) is 5.56 Å². The second-order valence-electron chi connectivity index (χ2n) is 3.25. The highest BCUT2D eigenvalue weighted by Gasteiger charge is 1.98. The van der Waals surface area contributed by atoms with Gasteiger partial charge in [0.2, 0.25) is 0 Å². The second-order valence-corrected chi connectivity index (χ2v) is 3.25. The number of pyridine rings is 1. The Bertz CT molecular complexity index is 471. The van der Waals surface area contributed by atoms with Gasteiger partial charge in [0.1, 0.15) is 24.0 Å². The van der Waals surface area contributed by atoms with E-state index in [2.05, 4.69) is 4.98 Å². The number of halogens is 2. The monoisotopic (exact) mass is 221 g/mol. The Labute approximate surface area is 91.5 Å². The van der Waals surface area contributed by atoms with E-state index < -0.39 is 5.82 Å². The van der Waals surface area contributed by atoms with Crippen molar-refractivity contribution in [3.63, 3.8) is 0 Å². The molecule has 1 aromatic heterocycles. The van der Waals surface area contributed by atoms with E-state index in [0.29, 0.717) is 11.3 Å². The molecule has 0 aliphatic heterocycles. The molecule has 0 radical (unpaired) electrons. The summed E-state index contributed by atoms with van der Waals surface area (Å²) in [5.74, 6) is -0.189. The highest BCUT2D eigenvalue weighted by Crippen LogP contribution is 2.13. The Morgan fingerprint density at radius 1 is 1.00 bits per heavy atom. The van der Waals surface area contributed by atoms with Crippen LogP contribution >= 0.6 is 0 Å². The molecule has 0 saturated carbocycles. The van der Waals surface area contributed by atoms with Gasteiger partial charge in [-0.15, -0.1) is 0 Å². The summed E-state index contributed by atoms with van der Waals surface area (Å²) in [7, 11) is 0. The molecule has 0 spiro atoms. The summed E-state index contributed by atoms with van der Waals surface area (Å²) in [5.41, 5.74) is 0.629. The molecule has 82 valence electrons. The first-order valence-corrected chi connectivity index (χ1v) is 4.72. The molecule has 0 aliphatic carbocycles. The molecule has 0 amide bonds. The Morgan fingerprint density at radius 2 is 1.75 bits per heavy atom. The van der Waals surface area contributed by atoms with Gasteiger partial charge in [-0.05, 0) is 30.3 Å². The lowest BCUT2D eigenvalue weighted by Crippen LogP contribution is -1.96. The van der Waals surface area contributed by atoms with Gasteiger partial charge in [-0.2, -0.15) is 0 Å². The van der Waals surface area contributed by atoms with E-state index in [1.54, 1.807) is 0 Å². The lowest BCUT2D eigenvalue weighted by atomic mass is 10.3. The number of benzene rings is 1. The van der Waals surface area contributed by atoms with Gasteiger partial charge in [-0.3, -0.25) is 4.98 Å². The van der Waals surface area contributed by atoms with Crippen molar-refractivity contribution >= 4 is 0 Å². The third kappa shape index (κ3) is 2.76. The molecule has 2 aromatic rings. The lowest BCUT2D eigenvalue weighted by Gasteiger charge is -2.05. The Balaban J connectivity index is 1.99. The van der Waals surface area contributed by atoms with E-state index >= 15 is 0 Å². The van der Waals surface area contributed by atoms with Gasteiger partial charge in [0, 0.05) is 11.8 Å². The van der Waals surface area contributed by atoms with Crippen molar-refractivity contribution in [1.82, 2.24) is 4.98 Å². The molecule has 4 heteroatoms. The van der Waals surface area contributed by atoms with Crippen LogP contribution in [0, 0.1) is 11.6 Å². The summed E-state index contributed by atoms with van der Waals surface area (Å²) in [5, 5.41) is 0. The predicted octanol–water partition coefficient (Wildman–Crippen LogP) is 2.94. The molecule has 1 aromatic carbocycles. The van der Waals surface area contributed by atoms with Crippen LogP contribution in [0.4, 0.5) is 8.78 Å². The molecule has 2 nitrogen and oxygen atoms in total. The molecule has 0 fully saturated rings. The van der Waals surface area contributed by atoms with Crippen LogP contribution in [0.25, 0.3) is 0 Å². The van der Waals surface area contributed by atoms with Gasteiger partial charge < -0.3 is 4.74 Å². The summed E-state index contributed by atoms with van der Waals surface area (Å²) in [6.45, 7) is 0.205. The van der Waals surface area contributed by atoms with E-state index in [9.17, 15) is 8.78 Å². The number of nitrogens with zero attached hydrogens (tertiary/aromatic N) is 1.